The molecule has 19 heavy (non-hydrogen) atoms. The van der Waals surface area contributed by atoms with Crippen molar-refractivity contribution < 1.29 is 22.6 Å². The minimum Gasteiger partial charge on any atom is -0.493 e. The predicted octanol–water partition coefficient (Wildman–Crippen LogP) is 3.29. The average molecular weight is 277 g/mol. The molecule has 0 aliphatic rings. The van der Waals surface area contributed by atoms with Gasteiger partial charge >= 0.3 is 6.18 Å². The van der Waals surface area contributed by atoms with Gasteiger partial charge in [0.2, 0.25) is 0 Å². The first kappa shape index (κ1) is 15.6. The molecule has 0 amide bonds. The van der Waals surface area contributed by atoms with Crippen molar-refractivity contribution in [3.05, 3.63) is 23.8 Å². The molecule has 3 nitrogen and oxygen atoms in total. The fourth-order valence-corrected chi connectivity index (χ4v) is 1.44. The van der Waals surface area contributed by atoms with Crippen LogP contribution in [0, 0.1) is 5.92 Å². The highest BCUT2D eigenvalue weighted by atomic mass is 19.4. The average Bonchev–Trinajstić information content (AvgIpc) is 2.34. The molecule has 0 saturated heterocycles. The largest absolute Gasteiger partial charge is 0.493 e. The summed E-state index contributed by atoms with van der Waals surface area (Å²) < 4.78 is 48.1. The Morgan fingerprint density at radius 1 is 1.21 bits per heavy atom. The minimum absolute atomic E-state index is 0.0544. The third-order valence-corrected chi connectivity index (χ3v) is 2.47. The Labute approximate surface area is 110 Å². The van der Waals surface area contributed by atoms with Gasteiger partial charge in [-0.15, -0.1) is 0 Å². The highest BCUT2D eigenvalue weighted by molar-refractivity contribution is 5.44. The van der Waals surface area contributed by atoms with Crippen LogP contribution in [0.4, 0.5) is 13.2 Å². The molecule has 0 aromatic heterocycles. The van der Waals surface area contributed by atoms with Crippen LogP contribution >= 0.6 is 0 Å². The first-order valence-electron chi connectivity index (χ1n) is 5.88. The van der Waals surface area contributed by atoms with Crippen LogP contribution in [0.5, 0.6) is 11.5 Å². The van der Waals surface area contributed by atoms with Gasteiger partial charge in [0.1, 0.15) is 6.04 Å². The second-order valence-corrected chi connectivity index (χ2v) is 4.63. The highest BCUT2D eigenvalue weighted by Gasteiger charge is 2.38. The topological polar surface area (TPSA) is 44.5 Å². The lowest BCUT2D eigenvalue weighted by molar-refractivity contribution is -0.149. The van der Waals surface area contributed by atoms with Gasteiger partial charge in [-0.25, -0.2) is 0 Å². The third kappa shape index (κ3) is 4.31. The number of ether oxygens (including phenoxy) is 2. The number of halogens is 3. The predicted molar refractivity (Wildman–Crippen MR) is 66.3 cm³/mol. The maximum Gasteiger partial charge on any atom is 0.407 e. The van der Waals surface area contributed by atoms with Crippen LogP contribution in [-0.4, -0.2) is 19.9 Å². The van der Waals surface area contributed by atoms with E-state index in [0.29, 0.717) is 18.3 Å². The van der Waals surface area contributed by atoms with E-state index in [1.807, 2.05) is 13.8 Å². The van der Waals surface area contributed by atoms with E-state index in [0.717, 1.165) is 0 Å². The first-order chi connectivity index (χ1) is 8.75. The zero-order valence-electron chi connectivity index (χ0n) is 11.1. The Morgan fingerprint density at radius 3 is 2.32 bits per heavy atom. The Kier molecular flexibility index (Phi) is 5.05. The molecule has 0 fully saturated rings. The van der Waals surface area contributed by atoms with Crippen molar-refractivity contribution in [2.24, 2.45) is 11.7 Å². The van der Waals surface area contributed by atoms with Gasteiger partial charge < -0.3 is 15.2 Å². The van der Waals surface area contributed by atoms with Crippen LogP contribution in [0.1, 0.15) is 25.5 Å². The molecule has 1 atom stereocenters. The summed E-state index contributed by atoms with van der Waals surface area (Å²) in [6.45, 7) is 4.40. The molecule has 2 N–H and O–H groups in total. The molecule has 0 heterocycles. The molecular formula is C13H18F3NO2. The van der Waals surface area contributed by atoms with E-state index >= 15 is 0 Å². The van der Waals surface area contributed by atoms with E-state index in [4.69, 9.17) is 15.2 Å². The van der Waals surface area contributed by atoms with E-state index in [9.17, 15) is 13.2 Å². The second kappa shape index (κ2) is 6.14. The summed E-state index contributed by atoms with van der Waals surface area (Å²) in [6.07, 6.45) is -4.48. The molecule has 1 aromatic rings. The van der Waals surface area contributed by atoms with Gasteiger partial charge in [-0.05, 0) is 23.6 Å². The van der Waals surface area contributed by atoms with E-state index in [2.05, 4.69) is 0 Å². The van der Waals surface area contributed by atoms with Crippen LogP contribution in [0.2, 0.25) is 0 Å². The molecule has 0 spiro atoms. The van der Waals surface area contributed by atoms with E-state index in [1.165, 1.54) is 25.3 Å². The molecule has 6 heteroatoms. The molecule has 0 bridgehead atoms. The molecule has 108 valence electrons. The molecule has 0 aliphatic heterocycles. The van der Waals surface area contributed by atoms with Gasteiger partial charge in [-0.3, -0.25) is 0 Å². The highest BCUT2D eigenvalue weighted by Crippen LogP contribution is 2.35. The number of hydrogen-bond acceptors (Lipinski definition) is 3. The Balaban J connectivity index is 2.95. The monoisotopic (exact) mass is 277 g/mol. The van der Waals surface area contributed by atoms with Crippen molar-refractivity contribution in [3.8, 4) is 11.5 Å². The SMILES string of the molecule is COc1cc([C@@H](N)C(F)(F)F)ccc1OCC(C)C. The summed E-state index contributed by atoms with van der Waals surface area (Å²) in [7, 11) is 1.38. The molecular weight excluding hydrogens is 259 g/mol. The number of methoxy groups -OCH3 is 1. The summed E-state index contributed by atoms with van der Waals surface area (Å²) in [5.41, 5.74) is 5.09. The lowest BCUT2D eigenvalue weighted by Crippen LogP contribution is -2.28. The van der Waals surface area contributed by atoms with E-state index in [-0.39, 0.29) is 11.3 Å². The second-order valence-electron chi connectivity index (χ2n) is 4.63. The first-order valence-corrected chi connectivity index (χ1v) is 5.88. The van der Waals surface area contributed by atoms with Crippen LogP contribution in [0.3, 0.4) is 0 Å². The standard InChI is InChI=1S/C13H18F3NO2/c1-8(2)7-19-10-5-4-9(6-11(10)18-3)12(17)13(14,15)16/h4-6,8,12H,7,17H2,1-3H3/t12-/m1/s1. The van der Waals surface area contributed by atoms with Crippen molar-refractivity contribution in [1.29, 1.82) is 0 Å². The van der Waals surface area contributed by atoms with Gasteiger partial charge in [0.15, 0.2) is 11.5 Å². The lowest BCUT2D eigenvalue weighted by atomic mass is 10.1. The molecule has 1 aromatic carbocycles. The quantitative estimate of drug-likeness (QED) is 0.898. The third-order valence-electron chi connectivity index (χ3n) is 2.47. The summed E-state index contributed by atoms with van der Waals surface area (Å²) >= 11 is 0. The van der Waals surface area contributed by atoms with Crippen molar-refractivity contribution in [3.63, 3.8) is 0 Å². The summed E-state index contributed by atoms with van der Waals surface area (Å²) in [6, 6.07) is 1.98. The molecule has 0 aliphatic carbocycles. The summed E-state index contributed by atoms with van der Waals surface area (Å²) in [5, 5.41) is 0. The van der Waals surface area contributed by atoms with Gasteiger partial charge in [0, 0.05) is 0 Å². The number of rotatable bonds is 5. The molecule has 0 unspecified atom stereocenters. The van der Waals surface area contributed by atoms with Crippen LogP contribution in [-0.2, 0) is 0 Å². The molecule has 0 radical (unpaired) electrons. The number of benzene rings is 1. The van der Waals surface area contributed by atoms with Crippen molar-refractivity contribution >= 4 is 0 Å². The van der Waals surface area contributed by atoms with Crippen molar-refractivity contribution in [1.82, 2.24) is 0 Å². The van der Waals surface area contributed by atoms with Crippen LogP contribution in [0.25, 0.3) is 0 Å². The summed E-state index contributed by atoms with van der Waals surface area (Å²) in [5.74, 6) is 0.967. The van der Waals surface area contributed by atoms with Gasteiger partial charge in [-0.2, -0.15) is 13.2 Å². The number of hydrogen-bond donors (Lipinski definition) is 1. The molecule has 0 saturated carbocycles. The number of nitrogens with two attached hydrogens (primary N) is 1. The Morgan fingerprint density at radius 2 is 1.84 bits per heavy atom. The van der Waals surface area contributed by atoms with Gasteiger partial charge in [-0.1, -0.05) is 19.9 Å². The van der Waals surface area contributed by atoms with E-state index in [1.54, 1.807) is 0 Å². The number of alkyl halides is 3. The maximum absolute atomic E-state index is 12.5. The van der Waals surface area contributed by atoms with Gasteiger partial charge in [0.25, 0.3) is 0 Å². The maximum atomic E-state index is 12.5. The zero-order chi connectivity index (χ0) is 14.6. The van der Waals surface area contributed by atoms with Crippen LogP contribution < -0.4 is 15.2 Å². The Hall–Kier alpha value is -1.43. The smallest absolute Gasteiger partial charge is 0.407 e. The van der Waals surface area contributed by atoms with Crippen LogP contribution in [0.15, 0.2) is 18.2 Å². The van der Waals surface area contributed by atoms with Gasteiger partial charge in [0.05, 0.1) is 13.7 Å². The fourth-order valence-electron chi connectivity index (χ4n) is 1.44. The normalized spacial score (nSPS) is 13.5. The zero-order valence-corrected chi connectivity index (χ0v) is 11.1. The summed E-state index contributed by atoms with van der Waals surface area (Å²) in [4.78, 5) is 0. The Bertz CT molecular complexity index is 419. The minimum atomic E-state index is -4.48. The fraction of sp³-hybridized carbons (Fsp3) is 0.538. The lowest BCUT2D eigenvalue weighted by Gasteiger charge is -2.18. The van der Waals surface area contributed by atoms with Crippen molar-refractivity contribution in [2.45, 2.75) is 26.1 Å². The molecule has 1 rings (SSSR count). The van der Waals surface area contributed by atoms with E-state index < -0.39 is 12.2 Å². The van der Waals surface area contributed by atoms with Crippen molar-refractivity contribution in [2.75, 3.05) is 13.7 Å².